The summed E-state index contributed by atoms with van der Waals surface area (Å²) in [4.78, 5) is -0.405. The van der Waals surface area contributed by atoms with Gasteiger partial charge in [0.05, 0.1) is 5.02 Å². The number of hydrogen-bond acceptors (Lipinski definition) is 3. The Morgan fingerprint density at radius 3 is 2.54 bits per heavy atom. The van der Waals surface area contributed by atoms with Crippen LogP contribution in [0.4, 0.5) is 10.1 Å². The average molecular weight is 462 g/mol. The first-order valence-corrected chi connectivity index (χ1v) is 11.0. The molecule has 0 unspecified atom stereocenters. The van der Waals surface area contributed by atoms with E-state index in [1.54, 1.807) is 0 Å². The summed E-state index contributed by atoms with van der Waals surface area (Å²) >= 11 is 8.98. The summed E-state index contributed by atoms with van der Waals surface area (Å²) in [5.74, 6) is -0.631. The van der Waals surface area contributed by atoms with Crippen molar-refractivity contribution in [2.75, 3.05) is 11.9 Å². The van der Waals surface area contributed by atoms with Gasteiger partial charge in [-0.1, -0.05) is 36.2 Å². The van der Waals surface area contributed by atoms with E-state index in [4.69, 9.17) is 11.6 Å². The van der Waals surface area contributed by atoms with Gasteiger partial charge in [-0.25, -0.2) is 17.5 Å². The van der Waals surface area contributed by atoms with E-state index < -0.39 is 20.7 Å². The Hall–Kier alpha value is -1.15. The third-order valence-electron chi connectivity index (χ3n) is 4.59. The molecule has 0 aromatic heterocycles. The molecule has 1 saturated carbocycles. The minimum atomic E-state index is -4.01. The van der Waals surface area contributed by atoms with Crippen LogP contribution in [-0.4, -0.2) is 21.0 Å². The van der Waals surface area contributed by atoms with Crippen LogP contribution in [0.1, 0.15) is 19.3 Å². The van der Waals surface area contributed by atoms with Crippen molar-refractivity contribution in [2.24, 2.45) is 5.92 Å². The van der Waals surface area contributed by atoms with Crippen LogP contribution in [-0.2, 0) is 10.0 Å². The van der Waals surface area contributed by atoms with E-state index in [2.05, 4.69) is 26.0 Å². The first-order chi connectivity index (χ1) is 12.4. The van der Waals surface area contributed by atoms with E-state index in [1.165, 1.54) is 6.07 Å². The number of anilines is 1. The first-order valence-electron chi connectivity index (χ1n) is 8.32. The van der Waals surface area contributed by atoms with Gasteiger partial charge < -0.3 is 5.32 Å². The number of para-hydroxylation sites is 1. The zero-order chi connectivity index (χ0) is 18.7. The van der Waals surface area contributed by atoms with Gasteiger partial charge >= 0.3 is 0 Å². The van der Waals surface area contributed by atoms with Gasteiger partial charge in [-0.2, -0.15) is 0 Å². The summed E-state index contributed by atoms with van der Waals surface area (Å²) in [7, 11) is -4.01. The summed E-state index contributed by atoms with van der Waals surface area (Å²) in [5.41, 5.74) is 0.913. The second kappa shape index (κ2) is 8.25. The highest BCUT2D eigenvalue weighted by Crippen LogP contribution is 2.32. The Bertz CT molecular complexity index is 876. The highest BCUT2D eigenvalue weighted by atomic mass is 79.9. The number of rotatable bonds is 7. The molecule has 4 nitrogen and oxygen atoms in total. The molecule has 0 bridgehead atoms. The normalized spacial score (nSPS) is 16.1. The molecule has 140 valence electrons. The van der Waals surface area contributed by atoms with Gasteiger partial charge in [-0.15, -0.1) is 0 Å². The SMILES string of the molecule is O=S(=O)(N[C@@H](CNc1ccccc1)C1CCC1)c1cc(Br)c(Cl)cc1F. The van der Waals surface area contributed by atoms with Crippen molar-refractivity contribution in [3.8, 4) is 0 Å². The quantitative estimate of drug-likeness (QED) is 0.582. The number of nitrogens with one attached hydrogen (secondary N) is 2. The molecule has 0 spiro atoms. The lowest BCUT2D eigenvalue weighted by Gasteiger charge is -2.34. The van der Waals surface area contributed by atoms with Crippen molar-refractivity contribution in [1.29, 1.82) is 0 Å². The maximum Gasteiger partial charge on any atom is 0.243 e. The van der Waals surface area contributed by atoms with Gasteiger partial charge in [0.15, 0.2) is 0 Å². The van der Waals surface area contributed by atoms with Crippen LogP contribution in [0.3, 0.4) is 0 Å². The van der Waals surface area contributed by atoms with Gasteiger partial charge in [-0.3, -0.25) is 0 Å². The maximum absolute atomic E-state index is 14.2. The van der Waals surface area contributed by atoms with E-state index in [0.717, 1.165) is 31.0 Å². The summed E-state index contributed by atoms with van der Waals surface area (Å²) in [6.07, 6.45) is 2.99. The lowest BCUT2D eigenvalue weighted by atomic mass is 9.80. The standard InChI is InChI=1S/C18H19BrClFN2O2S/c19-14-9-18(16(21)10-15(14)20)26(24,25)23-17(12-5-4-6-12)11-22-13-7-2-1-3-8-13/h1-3,7-10,12,17,22-23H,4-6,11H2/t17-/m0/s1. The predicted octanol–water partition coefficient (Wildman–Crippen LogP) is 4.80. The molecule has 0 radical (unpaired) electrons. The molecule has 26 heavy (non-hydrogen) atoms. The molecular formula is C18H19BrClFN2O2S. The predicted molar refractivity (Wildman–Crippen MR) is 105 cm³/mol. The lowest BCUT2D eigenvalue weighted by molar-refractivity contribution is 0.255. The molecule has 0 aliphatic heterocycles. The molecule has 1 atom stereocenters. The minimum Gasteiger partial charge on any atom is -0.383 e. The fraction of sp³-hybridized carbons (Fsp3) is 0.333. The van der Waals surface area contributed by atoms with Crippen LogP contribution in [0.5, 0.6) is 0 Å². The Kier molecular flexibility index (Phi) is 6.22. The molecule has 0 amide bonds. The van der Waals surface area contributed by atoms with Gasteiger partial charge in [0.2, 0.25) is 10.0 Å². The largest absolute Gasteiger partial charge is 0.383 e. The monoisotopic (exact) mass is 460 g/mol. The van der Waals surface area contributed by atoms with Crippen molar-refractivity contribution in [3.05, 3.63) is 57.8 Å². The zero-order valence-electron chi connectivity index (χ0n) is 13.9. The van der Waals surface area contributed by atoms with Crippen molar-refractivity contribution in [1.82, 2.24) is 4.72 Å². The number of halogens is 3. The second-order valence-corrected chi connectivity index (χ2v) is 9.31. The van der Waals surface area contributed by atoms with E-state index >= 15 is 0 Å². The van der Waals surface area contributed by atoms with Crippen molar-refractivity contribution in [2.45, 2.75) is 30.2 Å². The van der Waals surface area contributed by atoms with Crippen LogP contribution < -0.4 is 10.0 Å². The summed E-state index contributed by atoms with van der Waals surface area (Å²) in [5, 5.41) is 3.38. The second-order valence-electron chi connectivity index (χ2n) is 6.36. The summed E-state index contributed by atoms with van der Waals surface area (Å²) in [6, 6.07) is 11.5. The van der Waals surface area contributed by atoms with E-state index in [-0.39, 0.29) is 17.0 Å². The first kappa shape index (κ1) is 19.6. The van der Waals surface area contributed by atoms with E-state index in [1.807, 2.05) is 30.3 Å². The van der Waals surface area contributed by atoms with Crippen LogP contribution in [0.25, 0.3) is 0 Å². The molecule has 3 rings (SSSR count). The third-order valence-corrected chi connectivity index (χ3v) is 7.29. The topological polar surface area (TPSA) is 58.2 Å². The van der Waals surface area contributed by atoms with Crippen molar-refractivity contribution in [3.63, 3.8) is 0 Å². The van der Waals surface area contributed by atoms with Crippen LogP contribution >= 0.6 is 27.5 Å². The molecule has 1 aliphatic carbocycles. The Morgan fingerprint density at radius 2 is 1.92 bits per heavy atom. The van der Waals surface area contributed by atoms with Crippen molar-refractivity contribution < 1.29 is 12.8 Å². The molecule has 2 aromatic carbocycles. The highest BCUT2D eigenvalue weighted by molar-refractivity contribution is 9.10. The Balaban J connectivity index is 1.78. The van der Waals surface area contributed by atoms with E-state index in [0.29, 0.717) is 11.0 Å². The van der Waals surface area contributed by atoms with E-state index in [9.17, 15) is 12.8 Å². The van der Waals surface area contributed by atoms with Gasteiger partial charge in [0.25, 0.3) is 0 Å². The maximum atomic E-state index is 14.2. The molecule has 0 heterocycles. The highest BCUT2D eigenvalue weighted by Gasteiger charge is 2.32. The molecular weight excluding hydrogens is 443 g/mol. The molecule has 1 aliphatic rings. The molecule has 8 heteroatoms. The van der Waals surface area contributed by atoms with Gasteiger partial charge in [-0.05, 0) is 59.0 Å². The fourth-order valence-corrected chi connectivity index (χ4v) is 4.94. The summed E-state index contributed by atoms with van der Waals surface area (Å²) in [6.45, 7) is 0.435. The number of hydrogen-bond donors (Lipinski definition) is 2. The number of sulfonamides is 1. The van der Waals surface area contributed by atoms with Gasteiger partial charge in [0, 0.05) is 22.7 Å². The lowest BCUT2D eigenvalue weighted by Crippen LogP contribution is -2.47. The summed E-state index contributed by atoms with van der Waals surface area (Å²) < 4.78 is 42.7. The average Bonchev–Trinajstić information content (AvgIpc) is 2.55. The Morgan fingerprint density at radius 1 is 1.23 bits per heavy atom. The smallest absolute Gasteiger partial charge is 0.243 e. The van der Waals surface area contributed by atoms with Crippen LogP contribution in [0.2, 0.25) is 5.02 Å². The third kappa shape index (κ3) is 4.57. The van der Waals surface area contributed by atoms with Crippen LogP contribution in [0, 0.1) is 11.7 Å². The fourth-order valence-electron chi connectivity index (χ4n) is 2.90. The van der Waals surface area contributed by atoms with Crippen LogP contribution in [0.15, 0.2) is 51.8 Å². The molecule has 2 aromatic rings. The zero-order valence-corrected chi connectivity index (χ0v) is 17.0. The Labute approximate surface area is 166 Å². The molecule has 0 saturated heterocycles. The molecule has 2 N–H and O–H groups in total. The minimum absolute atomic E-state index is 0.128. The number of benzene rings is 2. The molecule has 1 fully saturated rings. The van der Waals surface area contributed by atoms with Gasteiger partial charge in [0.1, 0.15) is 10.7 Å². The van der Waals surface area contributed by atoms with Crippen molar-refractivity contribution >= 4 is 43.2 Å².